The molecule has 1 aromatic heterocycles. The Balaban J connectivity index is 2.10. The number of hydrogen-bond acceptors (Lipinski definition) is 2. The molecule has 0 radical (unpaired) electrons. The van der Waals surface area contributed by atoms with E-state index in [-0.39, 0.29) is 5.38 Å². The highest BCUT2D eigenvalue weighted by atomic mass is 79.9. The lowest BCUT2D eigenvalue weighted by atomic mass is 10.0. The SMILES string of the molecule is Cc1cc(C(Cl)C2COC(C)C2)sc1Br. The van der Waals surface area contributed by atoms with Crippen LogP contribution in [0.2, 0.25) is 0 Å². The van der Waals surface area contributed by atoms with Gasteiger partial charge >= 0.3 is 0 Å². The third-order valence-electron chi connectivity index (χ3n) is 2.79. The summed E-state index contributed by atoms with van der Waals surface area (Å²) in [5.74, 6) is 0.464. The lowest BCUT2D eigenvalue weighted by molar-refractivity contribution is 0.120. The highest BCUT2D eigenvalue weighted by Crippen LogP contribution is 2.41. The van der Waals surface area contributed by atoms with Crippen LogP contribution in [0.15, 0.2) is 9.85 Å². The van der Waals surface area contributed by atoms with Gasteiger partial charge in [-0.05, 0) is 47.8 Å². The van der Waals surface area contributed by atoms with Gasteiger partial charge in [0.2, 0.25) is 0 Å². The monoisotopic (exact) mass is 308 g/mol. The van der Waals surface area contributed by atoms with Gasteiger partial charge in [-0.3, -0.25) is 0 Å². The Morgan fingerprint density at radius 2 is 2.40 bits per heavy atom. The van der Waals surface area contributed by atoms with Crippen molar-refractivity contribution in [2.45, 2.75) is 31.7 Å². The Morgan fingerprint density at radius 3 is 2.87 bits per heavy atom. The van der Waals surface area contributed by atoms with Crippen LogP contribution in [0, 0.1) is 12.8 Å². The van der Waals surface area contributed by atoms with Gasteiger partial charge in [-0.25, -0.2) is 0 Å². The fourth-order valence-electron chi connectivity index (χ4n) is 1.91. The van der Waals surface area contributed by atoms with Crippen molar-refractivity contribution >= 4 is 38.9 Å². The molecule has 1 nitrogen and oxygen atoms in total. The second-order valence-electron chi connectivity index (χ2n) is 4.15. The van der Waals surface area contributed by atoms with E-state index in [0.29, 0.717) is 12.0 Å². The first-order valence-corrected chi connectivity index (χ1v) is 7.14. The standard InChI is InChI=1S/C11H14BrClOS/c1-6-3-9(15-11(6)12)10(13)8-4-7(2)14-5-8/h3,7-8,10H,4-5H2,1-2H3. The lowest BCUT2D eigenvalue weighted by Crippen LogP contribution is -2.06. The van der Waals surface area contributed by atoms with Crippen molar-refractivity contribution in [3.05, 3.63) is 20.3 Å². The first-order chi connectivity index (χ1) is 7.08. The summed E-state index contributed by atoms with van der Waals surface area (Å²) in [4.78, 5) is 1.25. The predicted octanol–water partition coefficient (Wildman–Crippen LogP) is 4.52. The van der Waals surface area contributed by atoms with Crippen molar-refractivity contribution in [2.75, 3.05) is 6.61 Å². The van der Waals surface area contributed by atoms with Crippen molar-refractivity contribution in [1.82, 2.24) is 0 Å². The number of aryl methyl sites for hydroxylation is 1. The maximum atomic E-state index is 6.47. The zero-order chi connectivity index (χ0) is 11.0. The van der Waals surface area contributed by atoms with Crippen LogP contribution >= 0.6 is 38.9 Å². The minimum absolute atomic E-state index is 0.102. The molecule has 0 bridgehead atoms. The fraction of sp³-hybridized carbons (Fsp3) is 0.636. The summed E-state index contributed by atoms with van der Waals surface area (Å²) in [5, 5.41) is 0.102. The Morgan fingerprint density at radius 1 is 1.67 bits per heavy atom. The van der Waals surface area contributed by atoms with E-state index in [2.05, 4.69) is 35.8 Å². The second-order valence-corrected chi connectivity index (χ2v) is 7.02. The summed E-state index contributed by atoms with van der Waals surface area (Å²) < 4.78 is 6.74. The molecule has 4 heteroatoms. The van der Waals surface area contributed by atoms with Crippen LogP contribution in [-0.2, 0) is 4.74 Å². The summed E-state index contributed by atoms with van der Waals surface area (Å²) in [5.41, 5.74) is 1.27. The van der Waals surface area contributed by atoms with Gasteiger partial charge in [0.25, 0.3) is 0 Å². The normalized spacial score (nSPS) is 28.3. The largest absolute Gasteiger partial charge is 0.378 e. The highest BCUT2D eigenvalue weighted by molar-refractivity contribution is 9.11. The van der Waals surface area contributed by atoms with Crippen molar-refractivity contribution in [1.29, 1.82) is 0 Å². The molecule has 0 N–H and O–H groups in total. The molecule has 84 valence electrons. The van der Waals surface area contributed by atoms with Crippen molar-refractivity contribution in [2.24, 2.45) is 5.92 Å². The Hall–Kier alpha value is 0.430. The number of thiophene rings is 1. The van der Waals surface area contributed by atoms with E-state index < -0.39 is 0 Å². The molecule has 3 atom stereocenters. The third-order valence-corrected chi connectivity index (χ3v) is 5.73. The second kappa shape index (κ2) is 4.74. The molecule has 1 fully saturated rings. The summed E-state index contributed by atoms with van der Waals surface area (Å²) in [6.45, 7) is 5.00. The lowest BCUT2D eigenvalue weighted by Gasteiger charge is -2.13. The maximum Gasteiger partial charge on any atom is 0.0731 e. The quantitative estimate of drug-likeness (QED) is 0.730. The molecule has 0 amide bonds. The van der Waals surface area contributed by atoms with E-state index in [1.54, 1.807) is 11.3 Å². The number of ether oxygens (including phenoxy) is 1. The van der Waals surface area contributed by atoms with Crippen LogP contribution in [0.3, 0.4) is 0 Å². The van der Waals surface area contributed by atoms with Crippen LogP contribution in [0.5, 0.6) is 0 Å². The van der Waals surface area contributed by atoms with E-state index in [1.807, 2.05) is 0 Å². The van der Waals surface area contributed by atoms with E-state index in [9.17, 15) is 0 Å². The minimum atomic E-state index is 0.102. The maximum absolute atomic E-state index is 6.47. The molecule has 1 aliphatic heterocycles. The van der Waals surface area contributed by atoms with E-state index >= 15 is 0 Å². The topological polar surface area (TPSA) is 9.23 Å². The Kier molecular flexibility index (Phi) is 3.76. The van der Waals surface area contributed by atoms with Gasteiger partial charge in [-0.15, -0.1) is 22.9 Å². The van der Waals surface area contributed by atoms with Gasteiger partial charge in [-0.2, -0.15) is 0 Å². The molecule has 2 rings (SSSR count). The Bertz CT molecular complexity index is 333. The van der Waals surface area contributed by atoms with Crippen LogP contribution in [-0.4, -0.2) is 12.7 Å². The van der Waals surface area contributed by atoms with Crippen molar-refractivity contribution in [3.63, 3.8) is 0 Å². The zero-order valence-electron chi connectivity index (χ0n) is 8.80. The first-order valence-electron chi connectivity index (χ1n) is 5.09. The van der Waals surface area contributed by atoms with Crippen LogP contribution in [0.4, 0.5) is 0 Å². The molecule has 3 unspecified atom stereocenters. The highest BCUT2D eigenvalue weighted by Gasteiger charge is 2.30. The van der Waals surface area contributed by atoms with Gasteiger partial charge in [0, 0.05) is 10.8 Å². The van der Waals surface area contributed by atoms with E-state index in [1.165, 1.54) is 14.2 Å². The van der Waals surface area contributed by atoms with E-state index in [4.69, 9.17) is 16.3 Å². The Labute approximate surface area is 108 Å². The molecule has 15 heavy (non-hydrogen) atoms. The average molecular weight is 310 g/mol. The minimum Gasteiger partial charge on any atom is -0.378 e. The van der Waals surface area contributed by atoms with Crippen molar-refractivity contribution < 1.29 is 4.74 Å². The van der Waals surface area contributed by atoms with Gasteiger partial charge in [-0.1, -0.05) is 0 Å². The number of halogens is 2. The van der Waals surface area contributed by atoms with Gasteiger partial charge < -0.3 is 4.74 Å². The molecule has 1 saturated heterocycles. The van der Waals surface area contributed by atoms with Crippen LogP contribution < -0.4 is 0 Å². The molecule has 0 aromatic carbocycles. The molecule has 2 heterocycles. The summed E-state index contributed by atoms with van der Waals surface area (Å²) in [7, 11) is 0. The smallest absolute Gasteiger partial charge is 0.0731 e. The summed E-state index contributed by atoms with van der Waals surface area (Å²) in [6, 6.07) is 2.18. The number of hydrogen-bond donors (Lipinski definition) is 0. The number of rotatable bonds is 2. The molecule has 0 saturated carbocycles. The molecule has 0 aliphatic carbocycles. The van der Waals surface area contributed by atoms with Crippen LogP contribution in [0.1, 0.15) is 29.2 Å². The molecule has 1 aromatic rings. The molecule has 0 spiro atoms. The third kappa shape index (κ3) is 2.57. The number of alkyl halides is 1. The first kappa shape index (κ1) is 11.9. The fourth-order valence-corrected chi connectivity index (χ4v) is 3.92. The average Bonchev–Trinajstić information content (AvgIpc) is 2.74. The van der Waals surface area contributed by atoms with E-state index in [0.717, 1.165) is 13.0 Å². The molecule has 1 aliphatic rings. The van der Waals surface area contributed by atoms with Gasteiger partial charge in [0.05, 0.1) is 21.9 Å². The van der Waals surface area contributed by atoms with Crippen molar-refractivity contribution in [3.8, 4) is 0 Å². The summed E-state index contributed by atoms with van der Waals surface area (Å²) in [6.07, 6.45) is 1.43. The van der Waals surface area contributed by atoms with Gasteiger partial charge in [0.15, 0.2) is 0 Å². The zero-order valence-corrected chi connectivity index (χ0v) is 12.0. The van der Waals surface area contributed by atoms with Crippen LogP contribution in [0.25, 0.3) is 0 Å². The summed E-state index contributed by atoms with van der Waals surface area (Å²) >= 11 is 11.7. The molecular weight excluding hydrogens is 296 g/mol. The predicted molar refractivity (Wildman–Crippen MR) is 68.9 cm³/mol. The van der Waals surface area contributed by atoms with Gasteiger partial charge in [0.1, 0.15) is 0 Å². The molecular formula is C11H14BrClOS.